The third-order valence-electron chi connectivity index (χ3n) is 4.30. The maximum atomic E-state index is 12.8. The van der Waals surface area contributed by atoms with Crippen LogP contribution >= 0.6 is 0 Å². The highest BCUT2D eigenvalue weighted by molar-refractivity contribution is 5.93. The first-order valence-electron chi connectivity index (χ1n) is 7.59. The van der Waals surface area contributed by atoms with Gasteiger partial charge in [0.05, 0.1) is 5.69 Å². The Bertz CT molecular complexity index is 488. The van der Waals surface area contributed by atoms with E-state index in [2.05, 4.69) is 39.7 Å². The SMILES string of the molecule is C[C@H]1CCC[C@H](C)N1C(=O)c1cc(C(C)(C)C)nn1C. The summed E-state index contributed by atoms with van der Waals surface area (Å²) in [7, 11) is 1.86. The zero-order chi connectivity index (χ0) is 15.1. The second-order valence-corrected chi connectivity index (χ2v) is 7.13. The van der Waals surface area contributed by atoms with Crippen molar-refractivity contribution in [2.45, 2.75) is 71.4 Å². The number of hydrogen-bond donors (Lipinski definition) is 0. The molecule has 1 fully saturated rings. The predicted octanol–water partition coefficient (Wildman–Crippen LogP) is 3.12. The normalized spacial score (nSPS) is 24.0. The van der Waals surface area contributed by atoms with Gasteiger partial charge in [0, 0.05) is 24.5 Å². The van der Waals surface area contributed by atoms with Crippen molar-refractivity contribution in [2.24, 2.45) is 7.05 Å². The molecule has 112 valence electrons. The van der Waals surface area contributed by atoms with Gasteiger partial charge in [0.25, 0.3) is 5.91 Å². The Balaban J connectivity index is 2.31. The van der Waals surface area contributed by atoms with Crippen LogP contribution in [-0.2, 0) is 12.5 Å². The van der Waals surface area contributed by atoms with Crippen molar-refractivity contribution < 1.29 is 4.79 Å². The van der Waals surface area contributed by atoms with Gasteiger partial charge in [-0.15, -0.1) is 0 Å². The third-order valence-corrected chi connectivity index (χ3v) is 4.30. The molecule has 0 radical (unpaired) electrons. The zero-order valence-electron chi connectivity index (χ0n) is 13.6. The van der Waals surface area contributed by atoms with E-state index >= 15 is 0 Å². The Labute approximate surface area is 122 Å². The third kappa shape index (κ3) is 2.74. The van der Waals surface area contributed by atoms with Crippen LogP contribution in [0.15, 0.2) is 6.07 Å². The van der Waals surface area contributed by atoms with Crippen molar-refractivity contribution in [3.8, 4) is 0 Å². The van der Waals surface area contributed by atoms with Crippen molar-refractivity contribution in [3.05, 3.63) is 17.5 Å². The maximum absolute atomic E-state index is 12.8. The van der Waals surface area contributed by atoms with Gasteiger partial charge < -0.3 is 4.90 Å². The minimum absolute atomic E-state index is 0.0323. The van der Waals surface area contributed by atoms with E-state index in [1.54, 1.807) is 4.68 Å². The van der Waals surface area contributed by atoms with Crippen LogP contribution < -0.4 is 0 Å². The van der Waals surface area contributed by atoms with Crippen molar-refractivity contribution in [1.29, 1.82) is 0 Å². The van der Waals surface area contributed by atoms with E-state index in [0.717, 1.165) is 18.5 Å². The van der Waals surface area contributed by atoms with Crippen molar-refractivity contribution in [2.75, 3.05) is 0 Å². The van der Waals surface area contributed by atoms with Crippen LogP contribution in [-0.4, -0.2) is 32.7 Å². The molecule has 2 heterocycles. The van der Waals surface area contributed by atoms with Crippen molar-refractivity contribution in [1.82, 2.24) is 14.7 Å². The molecule has 1 aromatic rings. The number of piperidine rings is 1. The van der Waals surface area contributed by atoms with Gasteiger partial charge in [-0.25, -0.2) is 0 Å². The molecule has 0 unspecified atom stereocenters. The number of aryl methyl sites for hydroxylation is 1. The zero-order valence-corrected chi connectivity index (χ0v) is 13.6. The van der Waals surface area contributed by atoms with Gasteiger partial charge in [-0.1, -0.05) is 20.8 Å². The lowest BCUT2D eigenvalue weighted by molar-refractivity contribution is 0.0499. The summed E-state index contributed by atoms with van der Waals surface area (Å²) in [6.45, 7) is 10.7. The van der Waals surface area contributed by atoms with Gasteiger partial charge in [0.2, 0.25) is 0 Å². The van der Waals surface area contributed by atoms with E-state index in [1.165, 1.54) is 6.42 Å². The standard InChI is InChI=1S/C16H27N3O/c1-11-8-7-9-12(2)19(11)15(20)13-10-14(16(3,4)5)17-18(13)6/h10-12H,7-9H2,1-6H3/t11-,12-/m0/s1. The molecule has 4 heteroatoms. The van der Waals surface area contributed by atoms with Crippen LogP contribution in [0.25, 0.3) is 0 Å². The molecular formula is C16H27N3O. The molecule has 1 aliphatic heterocycles. The summed E-state index contributed by atoms with van der Waals surface area (Å²) in [4.78, 5) is 14.9. The van der Waals surface area contributed by atoms with Crippen LogP contribution in [0.2, 0.25) is 0 Å². The summed E-state index contributed by atoms with van der Waals surface area (Å²) in [5, 5.41) is 4.52. The van der Waals surface area contributed by atoms with Crippen molar-refractivity contribution in [3.63, 3.8) is 0 Å². The lowest BCUT2D eigenvalue weighted by Crippen LogP contribution is -2.48. The van der Waals surface area contributed by atoms with E-state index in [1.807, 2.05) is 18.0 Å². The number of amides is 1. The fraction of sp³-hybridized carbons (Fsp3) is 0.750. The smallest absolute Gasteiger partial charge is 0.272 e. The maximum Gasteiger partial charge on any atom is 0.272 e. The van der Waals surface area contributed by atoms with E-state index < -0.39 is 0 Å². The Kier molecular flexibility index (Phi) is 3.94. The summed E-state index contributed by atoms with van der Waals surface area (Å²) in [6, 6.07) is 2.59. The van der Waals surface area contributed by atoms with E-state index in [4.69, 9.17) is 0 Å². The second-order valence-electron chi connectivity index (χ2n) is 7.13. The predicted molar refractivity (Wildman–Crippen MR) is 80.9 cm³/mol. The summed E-state index contributed by atoms with van der Waals surface area (Å²) in [5.74, 6) is 0.121. The van der Waals surface area contributed by atoms with Crippen LogP contribution in [0.5, 0.6) is 0 Å². The molecule has 0 bridgehead atoms. The average Bonchev–Trinajstić information content (AvgIpc) is 2.70. The fourth-order valence-corrected chi connectivity index (χ4v) is 2.99. The lowest BCUT2D eigenvalue weighted by atomic mass is 9.92. The van der Waals surface area contributed by atoms with Crippen LogP contribution in [0.3, 0.4) is 0 Å². The number of likely N-dealkylation sites (tertiary alicyclic amines) is 1. The molecule has 4 nitrogen and oxygen atoms in total. The number of rotatable bonds is 1. The molecule has 0 N–H and O–H groups in total. The quantitative estimate of drug-likeness (QED) is 0.791. The second kappa shape index (κ2) is 5.23. The van der Waals surface area contributed by atoms with Gasteiger partial charge in [0.15, 0.2) is 0 Å². The molecule has 1 aromatic heterocycles. The Hall–Kier alpha value is -1.32. The summed E-state index contributed by atoms with van der Waals surface area (Å²) >= 11 is 0. The number of carbonyl (C=O) groups excluding carboxylic acids is 1. The van der Waals surface area contributed by atoms with Gasteiger partial charge in [-0.2, -0.15) is 5.10 Å². The van der Waals surface area contributed by atoms with Gasteiger partial charge in [0.1, 0.15) is 5.69 Å². The fourth-order valence-electron chi connectivity index (χ4n) is 2.99. The Morgan fingerprint density at radius 3 is 2.25 bits per heavy atom. The minimum atomic E-state index is -0.0323. The molecule has 0 aromatic carbocycles. The van der Waals surface area contributed by atoms with Crippen molar-refractivity contribution >= 4 is 5.91 Å². The number of aromatic nitrogens is 2. The molecule has 1 aliphatic rings. The minimum Gasteiger partial charge on any atom is -0.332 e. The van der Waals surface area contributed by atoms with Crippen LogP contribution in [0.4, 0.5) is 0 Å². The molecule has 1 amide bonds. The van der Waals surface area contributed by atoms with E-state index in [9.17, 15) is 4.79 Å². The Morgan fingerprint density at radius 2 is 1.80 bits per heavy atom. The highest BCUT2D eigenvalue weighted by Crippen LogP contribution is 2.26. The van der Waals surface area contributed by atoms with Gasteiger partial charge in [-0.05, 0) is 39.2 Å². The Morgan fingerprint density at radius 1 is 1.25 bits per heavy atom. The summed E-state index contributed by atoms with van der Waals surface area (Å²) in [6.07, 6.45) is 3.41. The first-order valence-corrected chi connectivity index (χ1v) is 7.59. The molecular weight excluding hydrogens is 250 g/mol. The first-order chi connectivity index (χ1) is 9.21. The van der Waals surface area contributed by atoms with Gasteiger partial charge in [-0.3, -0.25) is 9.48 Å². The highest BCUT2D eigenvalue weighted by atomic mass is 16.2. The number of carbonyl (C=O) groups is 1. The number of nitrogens with zero attached hydrogens (tertiary/aromatic N) is 3. The molecule has 2 atom stereocenters. The van der Waals surface area contributed by atoms with Crippen LogP contribution in [0, 0.1) is 0 Å². The molecule has 0 aliphatic carbocycles. The monoisotopic (exact) mass is 277 g/mol. The molecule has 20 heavy (non-hydrogen) atoms. The highest BCUT2D eigenvalue weighted by Gasteiger charge is 2.32. The van der Waals surface area contributed by atoms with Gasteiger partial charge >= 0.3 is 0 Å². The largest absolute Gasteiger partial charge is 0.332 e. The topological polar surface area (TPSA) is 38.1 Å². The first kappa shape index (κ1) is 15.1. The lowest BCUT2D eigenvalue weighted by Gasteiger charge is -2.38. The molecule has 1 saturated heterocycles. The van der Waals surface area contributed by atoms with E-state index in [0.29, 0.717) is 17.8 Å². The molecule has 2 rings (SSSR count). The van der Waals surface area contributed by atoms with E-state index in [-0.39, 0.29) is 11.3 Å². The number of hydrogen-bond acceptors (Lipinski definition) is 2. The summed E-state index contributed by atoms with van der Waals surface area (Å²) < 4.78 is 1.73. The average molecular weight is 277 g/mol. The summed E-state index contributed by atoms with van der Waals surface area (Å²) in [5.41, 5.74) is 1.64. The molecule has 0 saturated carbocycles. The molecule has 0 spiro atoms. The van der Waals surface area contributed by atoms with Crippen LogP contribution in [0.1, 0.15) is 70.1 Å².